The van der Waals surface area contributed by atoms with E-state index in [4.69, 9.17) is 21.1 Å². The second-order valence-electron chi connectivity index (χ2n) is 5.74. The number of carbonyl (C=O) groups excluding carboxylic acids is 1. The molecule has 1 aliphatic rings. The zero-order valence-electron chi connectivity index (χ0n) is 14.2. The lowest BCUT2D eigenvalue weighted by Crippen LogP contribution is -2.04. The van der Waals surface area contributed by atoms with E-state index in [9.17, 15) is 9.90 Å². The molecule has 7 heteroatoms. The summed E-state index contributed by atoms with van der Waals surface area (Å²) in [5.74, 6) is 0.0232. The Labute approximate surface area is 164 Å². The number of ether oxygens (including phenoxy) is 2. The molecule has 1 aromatic heterocycles. The monoisotopic (exact) mass is 399 g/mol. The van der Waals surface area contributed by atoms with E-state index in [0.717, 1.165) is 10.1 Å². The van der Waals surface area contributed by atoms with E-state index in [1.807, 2.05) is 31.2 Å². The molecule has 1 aliphatic heterocycles. The predicted octanol–water partition coefficient (Wildman–Crippen LogP) is 5.00. The Balaban J connectivity index is 1.71. The van der Waals surface area contributed by atoms with Crippen molar-refractivity contribution in [3.05, 3.63) is 63.6 Å². The third-order valence-corrected chi connectivity index (χ3v) is 5.60. The fourth-order valence-electron chi connectivity index (χ4n) is 2.71. The molecular formula is C20H14ClNO4S. The maximum atomic E-state index is 12.2. The van der Waals surface area contributed by atoms with Crippen LogP contribution in [0.2, 0.25) is 5.02 Å². The average Bonchev–Trinajstić information content (AvgIpc) is 3.19. The number of phenols is 1. The lowest BCUT2D eigenvalue weighted by molar-refractivity contribution is -0.129. The summed E-state index contributed by atoms with van der Waals surface area (Å²) in [6, 6.07) is 12.5. The Hall–Kier alpha value is -2.83. The van der Waals surface area contributed by atoms with Gasteiger partial charge in [-0.05, 0) is 36.8 Å². The van der Waals surface area contributed by atoms with Crippen molar-refractivity contribution in [3.8, 4) is 11.5 Å². The van der Waals surface area contributed by atoms with Crippen LogP contribution in [-0.4, -0.2) is 23.6 Å². The predicted molar refractivity (Wildman–Crippen MR) is 107 cm³/mol. The van der Waals surface area contributed by atoms with Gasteiger partial charge in [0.2, 0.25) is 5.90 Å². The van der Waals surface area contributed by atoms with Crippen molar-refractivity contribution < 1.29 is 19.4 Å². The van der Waals surface area contributed by atoms with Gasteiger partial charge >= 0.3 is 5.97 Å². The van der Waals surface area contributed by atoms with Crippen LogP contribution in [0.25, 0.3) is 16.2 Å². The van der Waals surface area contributed by atoms with Crippen LogP contribution in [0.15, 0.2) is 53.2 Å². The van der Waals surface area contributed by atoms with Crippen molar-refractivity contribution >= 4 is 51.0 Å². The lowest BCUT2D eigenvalue weighted by Gasteiger charge is -2.06. The maximum Gasteiger partial charge on any atom is 0.363 e. The van der Waals surface area contributed by atoms with Crippen molar-refractivity contribution in [1.29, 1.82) is 0 Å². The summed E-state index contributed by atoms with van der Waals surface area (Å²) in [5, 5.41) is 11.2. The molecule has 1 N–H and O–H groups in total. The zero-order chi connectivity index (χ0) is 19.0. The minimum atomic E-state index is -0.551. The summed E-state index contributed by atoms with van der Waals surface area (Å²) >= 11 is 7.86. The summed E-state index contributed by atoms with van der Waals surface area (Å²) in [6.45, 7) is 2.24. The molecule has 0 bridgehead atoms. The van der Waals surface area contributed by atoms with Crippen LogP contribution in [-0.2, 0) is 9.53 Å². The third kappa shape index (κ3) is 3.29. The number of rotatable bonds is 4. The quantitative estimate of drug-likeness (QED) is 0.495. The smallest absolute Gasteiger partial charge is 0.363 e. The number of nitrogens with zero attached hydrogens (tertiary/aromatic N) is 1. The number of carbonyl (C=O) groups is 1. The minimum absolute atomic E-state index is 0.0363. The fourth-order valence-corrected chi connectivity index (χ4v) is 4.15. The Kier molecular flexibility index (Phi) is 4.59. The molecule has 2 aromatic carbocycles. The number of aliphatic imine (C=N–C) groups is 1. The van der Waals surface area contributed by atoms with E-state index in [0.29, 0.717) is 27.8 Å². The van der Waals surface area contributed by atoms with Gasteiger partial charge in [0.25, 0.3) is 0 Å². The van der Waals surface area contributed by atoms with Gasteiger partial charge < -0.3 is 14.6 Å². The van der Waals surface area contributed by atoms with Crippen molar-refractivity contribution in [1.82, 2.24) is 0 Å². The molecule has 3 aromatic rings. The van der Waals surface area contributed by atoms with E-state index < -0.39 is 5.97 Å². The SMILES string of the molecule is CCOc1cc(/C=C2/N=C(c3sc4ccccc4c3Cl)OC2=O)ccc1O. The Morgan fingerprint density at radius 3 is 2.89 bits per heavy atom. The van der Waals surface area contributed by atoms with E-state index in [-0.39, 0.29) is 17.3 Å². The van der Waals surface area contributed by atoms with Gasteiger partial charge in [0.05, 0.1) is 11.6 Å². The number of aromatic hydroxyl groups is 1. The number of fused-ring (bicyclic) bond motifs is 1. The summed E-state index contributed by atoms with van der Waals surface area (Å²) in [5.41, 5.74) is 0.822. The Morgan fingerprint density at radius 1 is 1.30 bits per heavy atom. The van der Waals surface area contributed by atoms with Crippen LogP contribution in [0.1, 0.15) is 17.4 Å². The van der Waals surface area contributed by atoms with Gasteiger partial charge in [0, 0.05) is 10.1 Å². The summed E-state index contributed by atoms with van der Waals surface area (Å²) in [4.78, 5) is 17.2. The third-order valence-electron chi connectivity index (χ3n) is 3.94. The van der Waals surface area contributed by atoms with Crippen molar-refractivity contribution in [2.45, 2.75) is 6.92 Å². The number of hydrogen-bond acceptors (Lipinski definition) is 6. The van der Waals surface area contributed by atoms with Crippen molar-refractivity contribution in [2.24, 2.45) is 4.99 Å². The second-order valence-corrected chi connectivity index (χ2v) is 7.17. The van der Waals surface area contributed by atoms with Crippen LogP contribution >= 0.6 is 22.9 Å². The first-order valence-corrected chi connectivity index (χ1v) is 9.42. The molecule has 0 radical (unpaired) electrons. The first-order chi connectivity index (χ1) is 13.1. The molecule has 0 saturated carbocycles. The highest BCUT2D eigenvalue weighted by molar-refractivity contribution is 7.21. The van der Waals surface area contributed by atoms with Gasteiger partial charge in [0.15, 0.2) is 17.2 Å². The van der Waals surface area contributed by atoms with Gasteiger partial charge in [0.1, 0.15) is 4.88 Å². The summed E-state index contributed by atoms with van der Waals surface area (Å²) in [7, 11) is 0. The number of hydrogen-bond donors (Lipinski definition) is 1. The van der Waals surface area contributed by atoms with Gasteiger partial charge in [-0.25, -0.2) is 9.79 Å². The normalized spacial score (nSPS) is 15.3. The molecule has 27 heavy (non-hydrogen) atoms. The Bertz CT molecular complexity index is 1120. The largest absolute Gasteiger partial charge is 0.504 e. The molecule has 0 unspecified atom stereocenters. The number of halogens is 1. The van der Waals surface area contributed by atoms with E-state index >= 15 is 0 Å². The van der Waals surface area contributed by atoms with E-state index in [1.165, 1.54) is 17.4 Å². The van der Waals surface area contributed by atoms with Gasteiger partial charge in [-0.1, -0.05) is 35.9 Å². The molecular weight excluding hydrogens is 386 g/mol. The fraction of sp³-hybridized carbons (Fsp3) is 0.100. The van der Waals surface area contributed by atoms with Crippen LogP contribution in [0.4, 0.5) is 0 Å². The maximum absolute atomic E-state index is 12.2. The summed E-state index contributed by atoms with van der Waals surface area (Å²) in [6.07, 6.45) is 1.58. The number of esters is 1. The van der Waals surface area contributed by atoms with Gasteiger partial charge in [-0.15, -0.1) is 11.3 Å². The van der Waals surface area contributed by atoms with E-state index in [1.54, 1.807) is 18.2 Å². The van der Waals surface area contributed by atoms with Crippen LogP contribution in [0.5, 0.6) is 11.5 Å². The Morgan fingerprint density at radius 2 is 2.11 bits per heavy atom. The highest BCUT2D eigenvalue weighted by Gasteiger charge is 2.28. The molecule has 0 spiro atoms. The molecule has 136 valence electrons. The first kappa shape index (κ1) is 17.6. The van der Waals surface area contributed by atoms with Crippen molar-refractivity contribution in [3.63, 3.8) is 0 Å². The number of phenolic OH excluding ortho intramolecular Hbond substituents is 1. The van der Waals surface area contributed by atoms with Gasteiger partial charge in [-0.2, -0.15) is 0 Å². The summed E-state index contributed by atoms with van der Waals surface area (Å²) < 4.78 is 11.7. The molecule has 4 rings (SSSR count). The molecule has 2 heterocycles. The lowest BCUT2D eigenvalue weighted by atomic mass is 10.1. The van der Waals surface area contributed by atoms with Crippen LogP contribution in [0, 0.1) is 0 Å². The average molecular weight is 400 g/mol. The topological polar surface area (TPSA) is 68.1 Å². The van der Waals surface area contributed by atoms with Crippen LogP contribution in [0.3, 0.4) is 0 Å². The number of benzene rings is 2. The molecule has 0 fully saturated rings. The molecule has 0 saturated heterocycles. The zero-order valence-corrected chi connectivity index (χ0v) is 15.8. The standard InChI is InChI=1S/C20H14ClNO4S/c1-2-25-15-10-11(7-8-14(15)23)9-13-20(24)26-19(22-13)18-17(21)12-5-3-4-6-16(12)27-18/h3-10,23H,2H2,1H3/b13-9+. The number of thiophene rings is 1. The van der Waals surface area contributed by atoms with Gasteiger partial charge in [-0.3, -0.25) is 0 Å². The second kappa shape index (κ2) is 7.06. The van der Waals surface area contributed by atoms with E-state index in [2.05, 4.69) is 4.99 Å². The first-order valence-electron chi connectivity index (χ1n) is 8.22. The highest BCUT2D eigenvalue weighted by Crippen LogP contribution is 2.37. The molecule has 0 atom stereocenters. The minimum Gasteiger partial charge on any atom is -0.504 e. The van der Waals surface area contributed by atoms with Crippen LogP contribution < -0.4 is 4.74 Å². The molecule has 0 amide bonds. The number of cyclic esters (lactones) is 1. The molecule has 0 aliphatic carbocycles. The molecule has 5 nitrogen and oxygen atoms in total. The van der Waals surface area contributed by atoms with Crippen molar-refractivity contribution in [2.75, 3.05) is 6.61 Å². The highest BCUT2D eigenvalue weighted by atomic mass is 35.5.